The van der Waals surface area contributed by atoms with Gasteiger partial charge >= 0.3 is 0 Å². The summed E-state index contributed by atoms with van der Waals surface area (Å²) in [6.07, 6.45) is 10.2. The summed E-state index contributed by atoms with van der Waals surface area (Å²) in [7, 11) is 0. The van der Waals surface area contributed by atoms with Gasteiger partial charge in [-0.3, -0.25) is 0 Å². The van der Waals surface area contributed by atoms with Crippen LogP contribution in [0.4, 0.5) is 0 Å². The Hall–Kier alpha value is -0.0400. The summed E-state index contributed by atoms with van der Waals surface area (Å²) in [6.45, 7) is 5.91. The normalized spacial score (nSPS) is 34.2. The fraction of sp³-hybridized carbons (Fsp3) is 1.00. The zero-order valence-corrected chi connectivity index (χ0v) is 10.5. The van der Waals surface area contributed by atoms with E-state index in [1.165, 1.54) is 51.5 Å². The number of hydrogen-bond acceptors (Lipinski definition) is 1. The number of unbranched alkanes of at least 4 members (excludes halogenated alkanes) is 1. The Morgan fingerprint density at radius 1 is 1.13 bits per heavy atom. The van der Waals surface area contributed by atoms with Crippen molar-refractivity contribution in [2.75, 3.05) is 6.54 Å². The molecule has 1 nitrogen and oxygen atoms in total. The van der Waals surface area contributed by atoms with E-state index in [2.05, 4.69) is 19.2 Å². The summed E-state index contributed by atoms with van der Waals surface area (Å²) in [6, 6.07) is 0.891. The summed E-state index contributed by atoms with van der Waals surface area (Å²) < 4.78 is 0. The molecule has 0 radical (unpaired) electrons. The Morgan fingerprint density at radius 2 is 2.00 bits per heavy atom. The van der Waals surface area contributed by atoms with Crippen molar-refractivity contribution >= 4 is 0 Å². The Kier molecular flexibility index (Phi) is 4.07. The Bertz CT molecular complexity index is 188. The van der Waals surface area contributed by atoms with Gasteiger partial charge in [-0.25, -0.2) is 0 Å². The lowest BCUT2D eigenvalue weighted by Gasteiger charge is -2.23. The number of hydrogen-bond donors (Lipinski definition) is 1. The maximum Gasteiger partial charge on any atom is 0.00980 e. The first kappa shape index (κ1) is 11.4. The average molecular weight is 209 g/mol. The number of nitrogens with one attached hydrogen (secondary N) is 1. The van der Waals surface area contributed by atoms with Gasteiger partial charge in [-0.05, 0) is 50.0 Å². The molecular formula is C14H27N. The van der Waals surface area contributed by atoms with Gasteiger partial charge in [0.05, 0.1) is 0 Å². The second kappa shape index (κ2) is 5.34. The minimum absolute atomic E-state index is 0.882. The fourth-order valence-corrected chi connectivity index (χ4v) is 3.46. The zero-order valence-electron chi connectivity index (χ0n) is 10.5. The predicted octanol–water partition coefficient (Wildman–Crippen LogP) is 3.59. The van der Waals surface area contributed by atoms with E-state index in [1.807, 2.05) is 0 Å². The monoisotopic (exact) mass is 209 g/mol. The van der Waals surface area contributed by atoms with Crippen LogP contribution in [0.2, 0.25) is 0 Å². The summed E-state index contributed by atoms with van der Waals surface area (Å²) in [4.78, 5) is 0. The highest BCUT2D eigenvalue weighted by Gasteiger charge is 2.38. The first-order chi connectivity index (χ1) is 7.25. The van der Waals surface area contributed by atoms with Crippen LogP contribution < -0.4 is 5.32 Å². The molecule has 15 heavy (non-hydrogen) atoms. The molecule has 0 aromatic heterocycles. The van der Waals surface area contributed by atoms with Crippen LogP contribution in [0.5, 0.6) is 0 Å². The standard InChI is InChI=1S/C14H27N/c1-11(2)5-3-4-8-15-14-10-12-6-7-13(14)9-12/h11-15H,3-10H2,1-2H3. The van der Waals surface area contributed by atoms with Crippen molar-refractivity contribution in [2.24, 2.45) is 17.8 Å². The lowest BCUT2D eigenvalue weighted by atomic mass is 9.95. The lowest BCUT2D eigenvalue weighted by molar-refractivity contribution is 0.348. The third-order valence-corrected chi connectivity index (χ3v) is 4.35. The third-order valence-electron chi connectivity index (χ3n) is 4.35. The van der Waals surface area contributed by atoms with Crippen molar-refractivity contribution in [1.82, 2.24) is 5.32 Å². The van der Waals surface area contributed by atoms with Gasteiger partial charge in [0.15, 0.2) is 0 Å². The molecule has 0 spiro atoms. The molecular weight excluding hydrogens is 182 g/mol. The van der Waals surface area contributed by atoms with E-state index in [0.717, 1.165) is 23.8 Å². The van der Waals surface area contributed by atoms with Crippen LogP contribution in [0, 0.1) is 17.8 Å². The summed E-state index contributed by atoms with van der Waals surface area (Å²) in [5, 5.41) is 3.79. The SMILES string of the molecule is CC(C)CCCCNC1CC2CCC1C2. The van der Waals surface area contributed by atoms with Crippen molar-refractivity contribution in [3.8, 4) is 0 Å². The van der Waals surface area contributed by atoms with Crippen LogP contribution in [0.1, 0.15) is 58.8 Å². The van der Waals surface area contributed by atoms with E-state index < -0.39 is 0 Å². The van der Waals surface area contributed by atoms with Gasteiger partial charge < -0.3 is 5.32 Å². The lowest BCUT2D eigenvalue weighted by Crippen LogP contribution is -2.34. The molecule has 2 bridgehead atoms. The van der Waals surface area contributed by atoms with E-state index in [4.69, 9.17) is 0 Å². The summed E-state index contributed by atoms with van der Waals surface area (Å²) in [5.74, 6) is 3.01. The Labute approximate surface area is 95.0 Å². The maximum atomic E-state index is 3.79. The molecule has 0 aliphatic heterocycles. The molecule has 2 aliphatic rings. The van der Waals surface area contributed by atoms with Gasteiger partial charge in [-0.2, -0.15) is 0 Å². The number of rotatable bonds is 6. The van der Waals surface area contributed by atoms with Crippen LogP contribution in [0.25, 0.3) is 0 Å². The molecule has 0 aromatic carbocycles. The highest BCUT2D eigenvalue weighted by atomic mass is 14.9. The molecule has 3 atom stereocenters. The Balaban J connectivity index is 1.51. The van der Waals surface area contributed by atoms with E-state index >= 15 is 0 Å². The molecule has 2 fully saturated rings. The minimum Gasteiger partial charge on any atom is -0.314 e. The van der Waals surface area contributed by atoms with E-state index in [-0.39, 0.29) is 0 Å². The third kappa shape index (κ3) is 3.21. The summed E-state index contributed by atoms with van der Waals surface area (Å²) in [5.41, 5.74) is 0. The van der Waals surface area contributed by atoms with Crippen LogP contribution in [-0.2, 0) is 0 Å². The van der Waals surface area contributed by atoms with Crippen molar-refractivity contribution < 1.29 is 0 Å². The molecule has 2 saturated carbocycles. The van der Waals surface area contributed by atoms with Gasteiger partial charge in [0, 0.05) is 6.04 Å². The topological polar surface area (TPSA) is 12.0 Å². The maximum absolute atomic E-state index is 3.79. The molecule has 0 saturated heterocycles. The van der Waals surface area contributed by atoms with Gasteiger partial charge in [-0.15, -0.1) is 0 Å². The van der Waals surface area contributed by atoms with E-state index in [0.29, 0.717) is 0 Å². The van der Waals surface area contributed by atoms with Gasteiger partial charge in [0.1, 0.15) is 0 Å². The van der Waals surface area contributed by atoms with Gasteiger partial charge in [0.25, 0.3) is 0 Å². The van der Waals surface area contributed by atoms with Crippen LogP contribution in [0.15, 0.2) is 0 Å². The smallest absolute Gasteiger partial charge is 0.00980 e. The zero-order chi connectivity index (χ0) is 10.7. The van der Waals surface area contributed by atoms with Gasteiger partial charge in [0.2, 0.25) is 0 Å². The number of fused-ring (bicyclic) bond motifs is 2. The quantitative estimate of drug-likeness (QED) is 0.659. The highest BCUT2D eigenvalue weighted by Crippen LogP contribution is 2.44. The minimum atomic E-state index is 0.882. The van der Waals surface area contributed by atoms with E-state index in [9.17, 15) is 0 Å². The molecule has 0 heterocycles. The van der Waals surface area contributed by atoms with Crippen LogP contribution in [-0.4, -0.2) is 12.6 Å². The molecule has 88 valence electrons. The second-order valence-corrected chi connectivity index (χ2v) is 6.13. The molecule has 0 aromatic rings. The van der Waals surface area contributed by atoms with Crippen LogP contribution >= 0.6 is 0 Å². The molecule has 3 unspecified atom stereocenters. The van der Waals surface area contributed by atoms with Crippen molar-refractivity contribution in [2.45, 2.75) is 64.8 Å². The first-order valence-electron chi connectivity index (χ1n) is 6.99. The first-order valence-corrected chi connectivity index (χ1v) is 6.99. The van der Waals surface area contributed by atoms with Gasteiger partial charge in [-0.1, -0.05) is 33.1 Å². The van der Waals surface area contributed by atoms with Crippen molar-refractivity contribution in [1.29, 1.82) is 0 Å². The molecule has 1 heteroatoms. The fourth-order valence-electron chi connectivity index (χ4n) is 3.46. The predicted molar refractivity (Wildman–Crippen MR) is 65.9 cm³/mol. The van der Waals surface area contributed by atoms with Crippen LogP contribution in [0.3, 0.4) is 0 Å². The summed E-state index contributed by atoms with van der Waals surface area (Å²) >= 11 is 0. The Morgan fingerprint density at radius 3 is 2.60 bits per heavy atom. The average Bonchev–Trinajstić information content (AvgIpc) is 2.78. The molecule has 2 rings (SSSR count). The van der Waals surface area contributed by atoms with Crippen molar-refractivity contribution in [3.63, 3.8) is 0 Å². The molecule has 0 amide bonds. The van der Waals surface area contributed by atoms with E-state index in [1.54, 1.807) is 0 Å². The second-order valence-electron chi connectivity index (χ2n) is 6.13. The largest absolute Gasteiger partial charge is 0.314 e. The molecule has 2 aliphatic carbocycles. The highest BCUT2D eigenvalue weighted by molar-refractivity contribution is 4.93. The van der Waals surface area contributed by atoms with Crippen molar-refractivity contribution in [3.05, 3.63) is 0 Å². The molecule has 1 N–H and O–H groups in total.